The molecular formula is C19H26N3O4+. The van der Waals surface area contributed by atoms with E-state index in [-0.39, 0.29) is 24.0 Å². The summed E-state index contributed by atoms with van der Waals surface area (Å²) in [5.41, 5.74) is 1.16. The van der Waals surface area contributed by atoms with Crippen LogP contribution in [0.25, 0.3) is 0 Å². The third-order valence-corrected chi connectivity index (χ3v) is 5.21. The lowest BCUT2D eigenvalue weighted by Gasteiger charge is -2.22. The number of urea groups is 1. The Morgan fingerprint density at radius 1 is 1.08 bits per heavy atom. The van der Waals surface area contributed by atoms with Crippen molar-refractivity contribution in [1.82, 2.24) is 10.6 Å². The molecule has 7 heteroatoms. The first-order chi connectivity index (χ1) is 12.7. The smallest absolute Gasteiger partial charge is 0.321 e. The van der Waals surface area contributed by atoms with Crippen LogP contribution >= 0.6 is 0 Å². The number of likely N-dealkylation sites (tertiary alicyclic amines) is 1. The monoisotopic (exact) mass is 360 g/mol. The number of carbonyl (C=O) groups is 2. The Morgan fingerprint density at radius 2 is 1.88 bits per heavy atom. The van der Waals surface area contributed by atoms with Crippen molar-refractivity contribution in [1.29, 1.82) is 0 Å². The van der Waals surface area contributed by atoms with Crippen LogP contribution in [0.3, 0.4) is 0 Å². The van der Waals surface area contributed by atoms with Crippen LogP contribution in [0, 0.1) is 0 Å². The van der Waals surface area contributed by atoms with Gasteiger partial charge in [-0.1, -0.05) is 0 Å². The molecule has 0 aromatic heterocycles. The van der Waals surface area contributed by atoms with Crippen LogP contribution in [0.4, 0.5) is 4.79 Å². The normalized spacial score (nSPS) is 24.6. The van der Waals surface area contributed by atoms with Crippen LogP contribution in [0.15, 0.2) is 18.2 Å². The lowest BCUT2D eigenvalue weighted by Crippen LogP contribution is -3.11. The minimum Gasteiger partial charge on any atom is -0.490 e. The predicted molar refractivity (Wildman–Crippen MR) is 94.4 cm³/mol. The van der Waals surface area contributed by atoms with Crippen molar-refractivity contribution in [3.63, 3.8) is 0 Å². The number of hydrogen-bond donors (Lipinski definition) is 3. The van der Waals surface area contributed by atoms with Crippen LogP contribution in [0.1, 0.15) is 43.7 Å². The van der Waals surface area contributed by atoms with E-state index >= 15 is 0 Å². The minimum absolute atomic E-state index is 0.223. The van der Waals surface area contributed by atoms with Gasteiger partial charge in [0.1, 0.15) is 6.04 Å². The molecule has 1 aromatic rings. The highest BCUT2D eigenvalue weighted by Gasteiger charge is 2.33. The summed E-state index contributed by atoms with van der Waals surface area (Å²) in [7, 11) is 0. The fourth-order valence-corrected chi connectivity index (χ4v) is 3.75. The van der Waals surface area contributed by atoms with Gasteiger partial charge in [-0.25, -0.2) is 4.79 Å². The summed E-state index contributed by atoms with van der Waals surface area (Å²) in [6.07, 6.45) is 4.98. The zero-order valence-corrected chi connectivity index (χ0v) is 14.9. The molecule has 3 aliphatic rings. The zero-order valence-electron chi connectivity index (χ0n) is 14.9. The molecule has 26 heavy (non-hydrogen) atoms. The average molecular weight is 360 g/mol. The van der Waals surface area contributed by atoms with Crippen molar-refractivity contribution in [3.8, 4) is 11.5 Å². The molecule has 140 valence electrons. The van der Waals surface area contributed by atoms with Gasteiger partial charge in [-0.2, -0.15) is 0 Å². The number of ether oxygens (including phenoxy) is 2. The first kappa shape index (κ1) is 17.1. The van der Waals surface area contributed by atoms with E-state index in [0.717, 1.165) is 55.7 Å². The number of quaternary nitrogens is 1. The van der Waals surface area contributed by atoms with Crippen LogP contribution in [0.5, 0.6) is 11.5 Å². The molecule has 1 saturated carbocycles. The summed E-state index contributed by atoms with van der Waals surface area (Å²) in [4.78, 5) is 25.2. The van der Waals surface area contributed by atoms with Crippen molar-refractivity contribution < 1.29 is 24.0 Å². The molecule has 1 aliphatic carbocycles. The maximum Gasteiger partial charge on any atom is 0.321 e. The van der Waals surface area contributed by atoms with Crippen molar-refractivity contribution >= 4 is 11.9 Å². The zero-order chi connectivity index (χ0) is 17.9. The molecule has 3 amide bonds. The summed E-state index contributed by atoms with van der Waals surface area (Å²) >= 11 is 0. The van der Waals surface area contributed by atoms with Crippen molar-refractivity contribution in [2.75, 3.05) is 26.3 Å². The number of fused-ring (bicyclic) bond motifs is 1. The lowest BCUT2D eigenvalue weighted by atomic mass is 10.0. The molecule has 1 unspecified atom stereocenters. The highest BCUT2D eigenvalue weighted by atomic mass is 16.5. The maximum atomic E-state index is 12.2. The van der Waals surface area contributed by atoms with Gasteiger partial charge in [-0.3, -0.25) is 10.1 Å². The summed E-state index contributed by atoms with van der Waals surface area (Å²) in [6.45, 7) is 2.57. The van der Waals surface area contributed by atoms with Gasteiger partial charge >= 0.3 is 6.03 Å². The number of amides is 3. The number of benzene rings is 1. The fraction of sp³-hybridized carbons (Fsp3) is 0.579. The second-order valence-electron chi connectivity index (χ2n) is 7.33. The number of rotatable bonds is 4. The predicted octanol–water partition coefficient (Wildman–Crippen LogP) is 0.556. The highest BCUT2D eigenvalue weighted by Crippen LogP contribution is 2.33. The molecule has 1 saturated heterocycles. The Balaban J connectivity index is 1.39. The summed E-state index contributed by atoms with van der Waals surface area (Å²) in [5, 5.41) is 5.24. The average Bonchev–Trinajstić information content (AvgIpc) is 3.36. The number of imide groups is 1. The third kappa shape index (κ3) is 4.09. The minimum atomic E-state index is -0.372. The van der Waals surface area contributed by atoms with E-state index in [1.807, 2.05) is 12.1 Å². The number of hydrogen-bond acceptors (Lipinski definition) is 4. The molecule has 3 N–H and O–H groups in total. The van der Waals surface area contributed by atoms with Gasteiger partial charge in [0, 0.05) is 30.9 Å². The van der Waals surface area contributed by atoms with E-state index in [9.17, 15) is 9.59 Å². The van der Waals surface area contributed by atoms with Gasteiger partial charge in [0.05, 0.1) is 19.8 Å². The second kappa shape index (κ2) is 7.53. The van der Waals surface area contributed by atoms with Gasteiger partial charge in [0.2, 0.25) is 0 Å². The first-order valence-electron chi connectivity index (χ1n) is 9.53. The van der Waals surface area contributed by atoms with Gasteiger partial charge in [0.15, 0.2) is 18.0 Å². The maximum absolute atomic E-state index is 12.2. The Kier molecular flexibility index (Phi) is 4.97. The van der Waals surface area contributed by atoms with E-state index in [1.165, 1.54) is 4.90 Å². The van der Waals surface area contributed by atoms with Crippen LogP contribution in [-0.2, 0) is 4.79 Å². The van der Waals surface area contributed by atoms with Gasteiger partial charge < -0.3 is 19.7 Å². The van der Waals surface area contributed by atoms with E-state index in [1.54, 1.807) is 0 Å². The molecule has 7 nitrogen and oxygen atoms in total. The molecule has 2 heterocycles. The van der Waals surface area contributed by atoms with Gasteiger partial charge in [-0.05, 0) is 31.0 Å². The van der Waals surface area contributed by atoms with E-state index < -0.39 is 0 Å². The lowest BCUT2D eigenvalue weighted by molar-refractivity contribution is -0.910. The molecule has 4 rings (SSSR count). The summed E-state index contributed by atoms with van der Waals surface area (Å²) < 4.78 is 11.5. The third-order valence-electron chi connectivity index (χ3n) is 5.21. The Bertz CT molecular complexity index is 689. The second-order valence-corrected chi connectivity index (χ2v) is 7.33. The number of nitrogens with one attached hydrogen (secondary N) is 3. The van der Waals surface area contributed by atoms with E-state index in [2.05, 4.69) is 16.7 Å². The molecular weight excluding hydrogens is 334 g/mol. The molecule has 2 aliphatic heterocycles. The first-order valence-corrected chi connectivity index (χ1v) is 9.53. The Morgan fingerprint density at radius 3 is 2.69 bits per heavy atom. The topological polar surface area (TPSA) is 81.1 Å². The Hall–Kier alpha value is -2.28. The fourth-order valence-electron chi connectivity index (χ4n) is 3.75. The summed E-state index contributed by atoms with van der Waals surface area (Å²) in [5.74, 6) is 1.36. The molecule has 0 spiro atoms. The molecule has 1 aromatic carbocycles. The van der Waals surface area contributed by atoms with Crippen LogP contribution in [-0.4, -0.2) is 44.3 Å². The quantitative estimate of drug-likeness (QED) is 0.733. The molecule has 2 fully saturated rings. The highest BCUT2D eigenvalue weighted by molar-refractivity contribution is 5.94. The number of carbonyl (C=O) groups excluding carboxylic acids is 2. The van der Waals surface area contributed by atoms with Crippen molar-refractivity contribution in [2.45, 2.75) is 44.2 Å². The standard InChI is InChI=1S/C19H25N3O4/c23-18(21-19(24)20-14-5-6-14)12-22-8-1-3-15(22)13-4-7-16-17(11-13)26-10-2-9-25-16/h4,7,11,14-15H,1-3,5-6,8-10,12H2,(H2,20,21,23,24)/p+1/t15-/m1/s1. The van der Waals surface area contributed by atoms with Crippen molar-refractivity contribution in [3.05, 3.63) is 23.8 Å². The molecule has 2 atom stereocenters. The molecule has 0 bridgehead atoms. The van der Waals surface area contributed by atoms with Crippen LogP contribution in [0.2, 0.25) is 0 Å². The largest absolute Gasteiger partial charge is 0.490 e. The Labute approximate surface area is 153 Å². The van der Waals surface area contributed by atoms with E-state index in [0.29, 0.717) is 19.8 Å². The van der Waals surface area contributed by atoms with Gasteiger partial charge in [-0.15, -0.1) is 0 Å². The van der Waals surface area contributed by atoms with Crippen LogP contribution < -0.4 is 25.0 Å². The van der Waals surface area contributed by atoms with Crippen molar-refractivity contribution in [2.24, 2.45) is 0 Å². The SMILES string of the molecule is O=C(C[NH+]1CCC[C@@H]1c1ccc2c(c1)OCCCO2)NC(=O)NC1CC1. The molecule has 0 radical (unpaired) electrons. The van der Waals surface area contributed by atoms with E-state index in [4.69, 9.17) is 9.47 Å². The summed E-state index contributed by atoms with van der Waals surface area (Å²) in [6, 6.07) is 6.20. The van der Waals surface area contributed by atoms with Gasteiger partial charge in [0.25, 0.3) is 5.91 Å².